The summed E-state index contributed by atoms with van der Waals surface area (Å²) in [4.78, 5) is 0. The molecule has 0 aromatic rings. The molecule has 0 aliphatic rings. The Labute approximate surface area is 68.0 Å². The third-order valence-electron chi connectivity index (χ3n) is 1.73. The molecule has 3 heteroatoms. The predicted molar refractivity (Wildman–Crippen MR) is 43.4 cm³/mol. The van der Waals surface area contributed by atoms with Crippen molar-refractivity contribution in [2.24, 2.45) is 0 Å². The van der Waals surface area contributed by atoms with Crippen LogP contribution in [0.3, 0.4) is 0 Å². The van der Waals surface area contributed by atoms with Crippen LogP contribution in [0.15, 0.2) is 0 Å². The van der Waals surface area contributed by atoms with Gasteiger partial charge in [0.1, 0.15) is 6.10 Å². The van der Waals surface area contributed by atoms with E-state index >= 15 is 0 Å². The minimum Gasteiger partial charge on any atom is -0.394 e. The summed E-state index contributed by atoms with van der Waals surface area (Å²) in [7, 11) is 0. The highest BCUT2D eigenvalue weighted by atomic mass is 16.5. The number of aliphatic hydroxyl groups excluding tert-OH is 2. The lowest BCUT2D eigenvalue weighted by molar-refractivity contribution is -0.0718. The van der Waals surface area contributed by atoms with Gasteiger partial charge in [-0.2, -0.15) is 0 Å². The molecule has 0 aliphatic carbocycles. The van der Waals surface area contributed by atoms with E-state index in [2.05, 4.69) is 0 Å². The van der Waals surface area contributed by atoms with Crippen molar-refractivity contribution in [1.29, 1.82) is 0 Å². The van der Waals surface area contributed by atoms with Crippen molar-refractivity contribution in [1.82, 2.24) is 0 Å². The van der Waals surface area contributed by atoms with Gasteiger partial charge in [0.15, 0.2) is 0 Å². The average Bonchev–Trinajstić information content (AvgIpc) is 2.00. The van der Waals surface area contributed by atoms with Crippen LogP contribution < -0.4 is 0 Å². The molecule has 0 heterocycles. The van der Waals surface area contributed by atoms with Gasteiger partial charge >= 0.3 is 0 Å². The molecule has 0 bridgehead atoms. The first-order valence-electron chi connectivity index (χ1n) is 3.94. The molecule has 0 spiro atoms. The highest BCUT2D eigenvalue weighted by Gasteiger charge is 2.16. The average molecular weight is 162 g/mol. The van der Waals surface area contributed by atoms with Crippen molar-refractivity contribution in [3.8, 4) is 0 Å². The monoisotopic (exact) mass is 162 g/mol. The van der Waals surface area contributed by atoms with Gasteiger partial charge < -0.3 is 14.9 Å². The summed E-state index contributed by atoms with van der Waals surface area (Å²) < 4.78 is 5.32. The molecular formula is C8H18O3. The molecular weight excluding hydrogens is 144 g/mol. The lowest BCUT2D eigenvalue weighted by Gasteiger charge is -2.24. The zero-order valence-corrected chi connectivity index (χ0v) is 7.50. The Morgan fingerprint density at radius 3 is 2.36 bits per heavy atom. The highest BCUT2D eigenvalue weighted by Crippen LogP contribution is 2.13. The minimum absolute atomic E-state index is 0.198. The van der Waals surface area contributed by atoms with Crippen molar-refractivity contribution in [3.05, 3.63) is 0 Å². The van der Waals surface area contributed by atoms with Gasteiger partial charge in [-0.15, -0.1) is 0 Å². The Bertz CT molecular complexity index is 102. The summed E-state index contributed by atoms with van der Waals surface area (Å²) in [6.45, 7) is 5.90. The first-order valence-corrected chi connectivity index (χ1v) is 3.94. The van der Waals surface area contributed by atoms with Crippen molar-refractivity contribution in [2.75, 3.05) is 13.2 Å². The fourth-order valence-corrected chi connectivity index (χ4v) is 0.477. The molecule has 0 saturated carbocycles. The van der Waals surface area contributed by atoms with E-state index in [0.717, 1.165) is 6.42 Å². The zero-order valence-electron chi connectivity index (χ0n) is 7.50. The summed E-state index contributed by atoms with van der Waals surface area (Å²) in [5.74, 6) is 0. The first kappa shape index (κ1) is 10.9. The number of aliphatic hydroxyl groups is 2. The Balaban J connectivity index is 3.52. The van der Waals surface area contributed by atoms with E-state index in [1.807, 2.05) is 20.8 Å². The second-order valence-electron chi connectivity index (χ2n) is 3.26. The molecule has 0 aromatic carbocycles. The summed E-state index contributed by atoms with van der Waals surface area (Å²) >= 11 is 0. The van der Waals surface area contributed by atoms with Crippen LogP contribution in [0.4, 0.5) is 0 Å². The normalized spacial score (nSPS) is 15.0. The van der Waals surface area contributed by atoms with E-state index in [0.29, 0.717) is 0 Å². The summed E-state index contributed by atoms with van der Waals surface area (Å²) in [6.07, 6.45) is 0.145. The second-order valence-corrected chi connectivity index (χ2v) is 3.26. The molecule has 2 N–H and O–H groups in total. The maximum Gasteiger partial charge on any atom is 0.100 e. The lowest BCUT2D eigenvalue weighted by atomic mass is 10.1. The molecule has 68 valence electrons. The van der Waals surface area contributed by atoms with Crippen molar-refractivity contribution < 1.29 is 14.9 Å². The van der Waals surface area contributed by atoms with E-state index in [-0.39, 0.29) is 18.8 Å². The topological polar surface area (TPSA) is 49.7 Å². The van der Waals surface area contributed by atoms with E-state index in [9.17, 15) is 0 Å². The van der Waals surface area contributed by atoms with Gasteiger partial charge in [0.2, 0.25) is 0 Å². The molecule has 1 unspecified atom stereocenters. The molecule has 0 aliphatic heterocycles. The smallest absolute Gasteiger partial charge is 0.100 e. The molecule has 0 fully saturated rings. The summed E-state index contributed by atoms with van der Waals surface area (Å²) in [5.41, 5.74) is -0.198. The highest BCUT2D eigenvalue weighted by molar-refractivity contribution is 4.66. The standard InChI is InChI=1S/C8H18O3/c1-4-8(2,3)11-6-7(10)5-9/h7,9-10H,4-6H2,1-3H3. The number of hydrogen-bond donors (Lipinski definition) is 2. The van der Waals surface area contributed by atoms with Crippen molar-refractivity contribution >= 4 is 0 Å². The van der Waals surface area contributed by atoms with Crippen molar-refractivity contribution in [3.63, 3.8) is 0 Å². The molecule has 1 atom stereocenters. The SMILES string of the molecule is CCC(C)(C)OCC(O)CO. The number of ether oxygens (including phenoxy) is 1. The maximum absolute atomic E-state index is 8.94. The fraction of sp³-hybridized carbons (Fsp3) is 1.00. The molecule has 0 radical (unpaired) electrons. The lowest BCUT2D eigenvalue weighted by Crippen LogP contribution is -2.30. The van der Waals surface area contributed by atoms with Crippen LogP contribution in [0.1, 0.15) is 27.2 Å². The van der Waals surface area contributed by atoms with E-state index in [1.54, 1.807) is 0 Å². The molecule has 0 aromatic heterocycles. The number of rotatable bonds is 5. The fourth-order valence-electron chi connectivity index (χ4n) is 0.477. The van der Waals surface area contributed by atoms with Crippen LogP contribution in [-0.4, -0.2) is 35.1 Å². The van der Waals surface area contributed by atoms with Gasteiger partial charge in [-0.05, 0) is 20.3 Å². The Morgan fingerprint density at radius 1 is 1.45 bits per heavy atom. The van der Waals surface area contributed by atoms with Crippen LogP contribution in [0.5, 0.6) is 0 Å². The molecule has 11 heavy (non-hydrogen) atoms. The minimum atomic E-state index is -0.749. The van der Waals surface area contributed by atoms with Crippen molar-refractivity contribution in [2.45, 2.75) is 38.9 Å². The number of hydrogen-bond acceptors (Lipinski definition) is 3. The van der Waals surface area contributed by atoms with Gasteiger partial charge in [-0.1, -0.05) is 6.92 Å². The van der Waals surface area contributed by atoms with Crippen LogP contribution in [0, 0.1) is 0 Å². The second kappa shape index (κ2) is 4.70. The molecule has 0 amide bonds. The predicted octanol–water partition coefficient (Wildman–Crippen LogP) is 0.545. The Kier molecular flexibility index (Phi) is 4.65. The van der Waals surface area contributed by atoms with E-state index in [4.69, 9.17) is 14.9 Å². The van der Waals surface area contributed by atoms with Crippen LogP contribution in [-0.2, 0) is 4.74 Å². The Morgan fingerprint density at radius 2 is 2.00 bits per heavy atom. The van der Waals surface area contributed by atoms with Crippen LogP contribution in [0.2, 0.25) is 0 Å². The third kappa shape index (κ3) is 5.18. The van der Waals surface area contributed by atoms with Gasteiger partial charge in [0.05, 0.1) is 18.8 Å². The van der Waals surface area contributed by atoms with Gasteiger partial charge in [-0.25, -0.2) is 0 Å². The summed E-state index contributed by atoms with van der Waals surface area (Å²) in [5, 5.41) is 17.4. The van der Waals surface area contributed by atoms with Gasteiger partial charge in [0.25, 0.3) is 0 Å². The first-order chi connectivity index (χ1) is 5.02. The largest absolute Gasteiger partial charge is 0.394 e. The third-order valence-corrected chi connectivity index (χ3v) is 1.73. The zero-order chi connectivity index (χ0) is 8.91. The Hall–Kier alpha value is -0.120. The molecule has 3 nitrogen and oxygen atoms in total. The van der Waals surface area contributed by atoms with Crippen LogP contribution in [0.25, 0.3) is 0 Å². The van der Waals surface area contributed by atoms with E-state index < -0.39 is 6.10 Å². The molecule has 0 saturated heterocycles. The van der Waals surface area contributed by atoms with E-state index in [1.165, 1.54) is 0 Å². The summed E-state index contributed by atoms with van der Waals surface area (Å²) in [6, 6.07) is 0. The molecule has 0 rings (SSSR count). The quantitative estimate of drug-likeness (QED) is 0.620. The van der Waals surface area contributed by atoms with Gasteiger partial charge in [-0.3, -0.25) is 0 Å². The maximum atomic E-state index is 8.94. The van der Waals surface area contributed by atoms with Crippen LogP contribution >= 0.6 is 0 Å². The van der Waals surface area contributed by atoms with Gasteiger partial charge in [0, 0.05) is 0 Å².